The van der Waals surface area contributed by atoms with Gasteiger partial charge in [-0.3, -0.25) is 10.1 Å². The van der Waals surface area contributed by atoms with E-state index in [4.69, 9.17) is 14.6 Å². The molecule has 1 aliphatic heterocycles. The summed E-state index contributed by atoms with van der Waals surface area (Å²) >= 11 is 2.97. The molecule has 33 heavy (non-hydrogen) atoms. The Morgan fingerprint density at radius 1 is 1.06 bits per heavy atom. The lowest BCUT2D eigenvalue weighted by Gasteiger charge is -2.18. The summed E-state index contributed by atoms with van der Waals surface area (Å²) in [6.45, 7) is 2.95. The predicted octanol–water partition coefficient (Wildman–Crippen LogP) is 5.46. The molecule has 0 saturated heterocycles. The second-order valence-electron chi connectivity index (χ2n) is 7.09. The highest BCUT2D eigenvalue weighted by Gasteiger charge is 2.16. The van der Waals surface area contributed by atoms with Crippen LogP contribution in [-0.2, 0) is 0 Å². The molecule has 4 aromatic rings. The van der Waals surface area contributed by atoms with E-state index >= 15 is 0 Å². The smallest absolute Gasteiger partial charge is 0.294 e. The van der Waals surface area contributed by atoms with Crippen molar-refractivity contribution in [2.45, 2.75) is 6.92 Å². The Labute approximate surface area is 196 Å². The molecule has 166 valence electrons. The molecular weight excluding hydrogens is 460 g/mol. The molecule has 2 aromatic carbocycles. The van der Waals surface area contributed by atoms with E-state index in [1.165, 1.54) is 17.4 Å². The lowest BCUT2D eigenvalue weighted by atomic mass is 10.1. The van der Waals surface area contributed by atoms with Gasteiger partial charge in [0.15, 0.2) is 11.5 Å². The molecule has 0 spiro atoms. The van der Waals surface area contributed by atoms with Crippen LogP contribution >= 0.6 is 22.7 Å². The van der Waals surface area contributed by atoms with Crippen molar-refractivity contribution in [1.82, 2.24) is 4.68 Å². The average Bonchev–Trinajstić information content (AvgIpc) is 3.49. The molecule has 3 heterocycles. The third-order valence-corrected chi connectivity index (χ3v) is 6.67. The number of hydrogen-bond donors (Lipinski definition) is 0. The van der Waals surface area contributed by atoms with Gasteiger partial charge in [-0.2, -0.15) is 5.10 Å². The SMILES string of the molecule is CC(=Nn1c(-c2cccs2)csc1=Nc1ccccc1[N+](=O)[O-])c1ccc2c(c1)OCCO2. The third kappa shape index (κ3) is 4.30. The minimum Gasteiger partial charge on any atom is -0.486 e. The van der Waals surface area contributed by atoms with Crippen molar-refractivity contribution in [1.29, 1.82) is 0 Å². The summed E-state index contributed by atoms with van der Waals surface area (Å²) in [5, 5.41) is 20.3. The predicted molar refractivity (Wildman–Crippen MR) is 129 cm³/mol. The van der Waals surface area contributed by atoms with Crippen LogP contribution in [0, 0.1) is 10.1 Å². The molecular formula is C23H18N4O4S2. The zero-order valence-corrected chi connectivity index (χ0v) is 19.1. The fraction of sp³-hybridized carbons (Fsp3) is 0.130. The molecule has 0 N–H and O–H groups in total. The van der Waals surface area contributed by atoms with E-state index in [0.717, 1.165) is 21.8 Å². The van der Waals surface area contributed by atoms with Crippen molar-refractivity contribution in [2.75, 3.05) is 13.2 Å². The van der Waals surface area contributed by atoms with Crippen LogP contribution < -0.4 is 14.3 Å². The van der Waals surface area contributed by atoms with Crippen LogP contribution in [0.1, 0.15) is 12.5 Å². The van der Waals surface area contributed by atoms with E-state index < -0.39 is 4.92 Å². The average molecular weight is 479 g/mol. The van der Waals surface area contributed by atoms with Crippen LogP contribution in [0.15, 0.2) is 75.5 Å². The van der Waals surface area contributed by atoms with E-state index in [0.29, 0.717) is 29.5 Å². The maximum absolute atomic E-state index is 11.5. The lowest BCUT2D eigenvalue weighted by molar-refractivity contribution is -0.384. The molecule has 10 heteroatoms. The highest BCUT2D eigenvalue weighted by molar-refractivity contribution is 7.14. The largest absolute Gasteiger partial charge is 0.486 e. The van der Waals surface area contributed by atoms with Gasteiger partial charge in [0.25, 0.3) is 5.69 Å². The van der Waals surface area contributed by atoms with E-state index in [9.17, 15) is 10.1 Å². The van der Waals surface area contributed by atoms with Crippen LogP contribution in [0.3, 0.4) is 0 Å². The molecule has 0 atom stereocenters. The Kier molecular flexibility index (Phi) is 5.76. The quantitative estimate of drug-likeness (QED) is 0.216. The van der Waals surface area contributed by atoms with Crippen LogP contribution in [0.25, 0.3) is 10.6 Å². The number of aromatic nitrogens is 1. The van der Waals surface area contributed by atoms with Crippen LogP contribution in [0.2, 0.25) is 0 Å². The molecule has 2 aromatic heterocycles. The van der Waals surface area contributed by atoms with Gasteiger partial charge in [0.1, 0.15) is 18.9 Å². The Morgan fingerprint density at radius 3 is 2.67 bits per heavy atom. The maximum atomic E-state index is 11.5. The normalized spacial score (nSPS) is 13.8. The number of nitro groups is 1. The van der Waals surface area contributed by atoms with E-state index in [2.05, 4.69) is 4.99 Å². The fourth-order valence-electron chi connectivity index (χ4n) is 3.36. The Balaban J connectivity index is 1.65. The summed E-state index contributed by atoms with van der Waals surface area (Å²) < 4.78 is 13.1. The molecule has 8 nitrogen and oxygen atoms in total. The number of nitrogens with zero attached hydrogens (tertiary/aromatic N) is 4. The second kappa shape index (κ2) is 9.00. The van der Waals surface area contributed by atoms with Gasteiger partial charge >= 0.3 is 0 Å². The number of para-hydroxylation sites is 2. The molecule has 0 unspecified atom stereocenters. The van der Waals surface area contributed by atoms with Crippen molar-refractivity contribution in [3.05, 3.63) is 85.8 Å². The van der Waals surface area contributed by atoms with Gasteiger partial charge in [-0.1, -0.05) is 18.2 Å². The minimum atomic E-state index is -0.430. The maximum Gasteiger partial charge on any atom is 0.294 e. The van der Waals surface area contributed by atoms with Gasteiger partial charge in [0.05, 0.1) is 21.2 Å². The fourth-order valence-corrected chi connectivity index (χ4v) is 5.00. The molecule has 0 aliphatic carbocycles. The van der Waals surface area contributed by atoms with Gasteiger partial charge in [0.2, 0.25) is 4.80 Å². The van der Waals surface area contributed by atoms with Crippen molar-refractivity contribution >= 4 is 39.8 Å². The Morgan fingerprint density at radius 2 is 1.88 bits per heavy atom. The lowest BCUT2D eigenvalue weighted by Crippen LogP contribution is -2.16. The molecule has 5 rings (SSSR count). The molecule has 0 amide bonds. The monoisotopic (exact) mass is 478 g/mol. The van der Waals surface area contributed by atoms with E-state index in [1.54, 1.807) is 34.2 Å². The number of ether oxygens (including phenoxy) is 2. The third-order valence-electron chi connectivity index (χ3n) is 4.96. The van der Waals surface area contributed by atoms with Gasteiger partial charge in [-0.15, -0.1) is 22.7 Å². The topological polar surface area (TPSA) is 91.2 Å². The molecule has 0 fully saturated rings. The van der Waals surface area contributed by atoms with Crippen molar-refractivity contribution in [2.24, 2.45) is 10.1 Å². The molecule has 0 radical (unpaired) electrons. The number of thiophene rings is 1. The first-order chi connectivity index (χ1) is 16.1. The van der Waals surface area contributed by atoms with Gasteiger partial charge in [-0.05, 0) is 42.6 Å². The van der Waals surface area contributed by atoms with Crippen LogP contribution in [-0.4, -0.2) is 28.5 Å². The standard InChI is InChI=1S/C23H18N4O4S2/c1-15(16-8-9-20-21(13-16)31-11-10-30-20)25-26-19(22-7-4-12-32-22)14-33-23(26)24-17-5-2-3-6-18(17)27(28)29/h2-9,12-14H,10-11H2,1H3. The van der Waals surface area contributed by atoms with Gasteiger partial charge in [-0.25, -0.2) is 9.67 Å². The number of fused-ring (bicyclic) bond motifs is 1. The number of rotatable bonds is 5. The summed E-state index contributed by atoms with van der Waals surface area (Å²) in [6, 6.07) is 16.1. The van der Waals surface area contributed by atoms with Crippen molar-refractivity contribution < 1.29 is 14.4 Å². The summed E-state index contributed by atoms with van der Waals surface area (Å²) in [5.74, 6) is 1.40. The Hall–Kier alpha value is -3.76. The molecule has 0 saturated carbocycles. The van der Waals surface area contributed by atoms with Crippen molar-refractivity contribution in [3.63, 3.8) is 0 Å². The highest BCUT2D eigenvalue weighted by Crippen LogP contribution is 2.32. The van der Waals surface area contributed by atoms with E-state index in [-0.39, 0.29) is 11.4 Å². The Bertz CT molecular complexity index is 1420. The first kappa shape index (κ1) is 21.1. The summed E-state index contributed by atoms with van der Waals surface area (Å²) in [4.78, 5) is 17.2. The van der Waals surface area contributed by atoms with Gasteiger partial charge < -0.3 is 9.47 Å². The van der Waals surface area contributed by atoms with E-state index in [1.807, 2.05) is 48.0 Å². The number of thiazole rings is 1. The first-order valence-electron chi connectivity index (χ1n) is 10.1. The highest BCUT2D eigenvalue weighted by atomic mass is 32.1. The van der Waals surface area contributed by atoms with Crippen LogP contribution in [0.5, 0.6) is 11.5 Å². The number of hydrogen-bond acceptors (Lipinski definition) is 8. The zero-order chi connectivity index (χ0) is 22.8. The second-order valence-corrected chi connectivity index (χ2v) is 8.88. The zero-order valence-electron chi connectivity index (χ0n) is 17.5. The summed E-state index contributed by atoms with van der Waals surface area (Å²) in [7, 11) is 0. The van der Waals surface area contributed by atoms with Crippen LogP contribution in [0.4, 0.5) is 11.4 Å². The molecule has 1 aliphatic rings. The first-order valence-corrected chi connectivity index (χ1v) is 11.8. The number of benzene rings is 2. The number of nitro benzene ring substituents is 1. The summed E-state index contributed by atoms with van der Waals surface area (Å²) in [5.41, 5.74) is 2.72. The minimum absolute atomic E-state index is 0.0531. The van der Waals surface area contributed by atoms with Gasteiger partial charge in [0, 0.05) is 17.0 Å². The van der Waals surface area contributed by atoms with Crippen molar-refractivity contribution in [3.8, 4) is 22.1 Å². The summed E-state index contributed by atoms with van der Waals surface area (Å²) in [6.07, 6.45) is 0. The molecule has 0 bridgehead atoms.